The highest BCUT2D eigenvalue weighted by molar-refractivity contribution is 9.11. The van der Waals surface area contributed by atoms with Crippen LogP contribution in [0.2, 0.25) is 0 Å². The van der Waals surface area contributed by atoms with E-state index in [2.05, 4.69) is 44.2 Å². The third kappa shape index (κ3) is 3.96. The average molecular weight is 328 g/mol. The van der Waals surface area contributed by atoms with Crippen LogP contribution in [0.15, 0.2) is 28.3 Å². The molecule has 18 heavy (non-hydrogen) atoms. The first-order valence-corrected chi connectivity index (χ1v) is 7.32. The first-order chi connectivity index (χ1) is 8.78. The van der Waals surface area contributed by atoms with Gasteiger partial charge >= 0.3 is 0 Å². The van der Waals surface area contributed by atoms with Gasteiger partial charge in [-0.25, -0.2) is 9.97 Å². The predicted molar refractivity (Wildman–Crippen MR) is 77.2 cm³/mol. The number of ether oxygens (including phenoxy) is 1. The van der Waals surface area contributed by atoms with Gasteiger partial charge in [0.15, 0.2) is 0 Å². The van der Waals surface area contributed by atoms with Crippen LogP contribution in [0.3, 0.4) is 0 Å². The summed E-state index contributed by atoms with van der Waals surface area (Å²) in [5.74, 6) is 1.39. The van der Waals surface area contributed by atoms with Crippen molar-refractivity contribution in [2.45, 2.75) is 19.9 Å². The highest BCUT2D eigenvalue weighted by atomic mass is 79.9. The van der Waals surface area contributed by atoms with Crippen LogP contribution in [0, 0.1) is 0 Å². The molecular weight excluding hydrogens is 314 g/mol. The molecule has 0 saturated carbocycles. The van der Waals surface area contributed by atoms with E-state index in [1.165, 1.54) is 11.2 Å². The third-order valence-electron chi connectivity index (χ3n) is 2.17. The van der Waals surface area contributed by atoms with Gasteiger partial charge in [0.25, 0.3) is 0 Å². The fraction of sp³-hybridized carbons (Fsp3) is 0.333. The Bertz CT molecular complexity index is 504. The lowest BCUT2D eigenvalue weighted by Crippen LogP contribution is -2.02. The van der Waals surface area contributed by atoms with E-state index in [1.807, 2.05) is 12.1 Å². The van der Waals surface area contributed by atoms with Crippen LogP contribution in [-0.4, -0.2) is 16.6 Å². The second-order valence-corrected chi connectivity index (χ2v) is 6.20. The van der Waals surface area contributed by atoms with Crippen molar-refractivity contribution >= 4 is 33.1 Å². The molecule has 0 fully saturated rings. The first kappa shape index (κ1) is 13.3. The molecule has 0 aromatic carbocycles. The van der Waals surface area contributed by atoms with Crippen molar-refractivity contribution in [1.82, 2.24) is 9.97 Å². The van der Waals surface area contributed by atoms with Crippen LogP contribution in [-0.2, 0) is 6.54 Å². The van der Waals surface area contributed by atoms with E-state index in [1.54, 1.807) is 11.3 Å². The van der Waals surface area contributed by atoms with Crippen molar-refractivity contribution in [3.8, 4) is 5.88 Å². The fourth-order valence-electron chi connectivity index (χ4n) is 1.35. The molecule has 2 rings (SSSR count). The fourth-order valence-corrected chi connectivity index (χ4v) is 2.77. The molecule has 0 aliphatic rings. The van der Waals surface area contributed by atoms with E-state index in [0.717, 1.165) is 22.6 Å². The molecule has 6 heteroatoms. The molecule has 0 atom stereocenters. The van der Waals surface area contributed by atoms with E-state index in [-0.39, 0.29) is 0 Å². The van der Waals surface area contributed by atoms with Crippen molar-refractivity contribution in [2.75, 3.05) is 11.9 Å². The number of rotatable bonds is 6. The Kier molecular flexibility index (Phi) is 4.95. The van der Waals surface area contributed by atoms with Crippen molar-refractivity contribution < 1.29 is 4.74 Å². The highest BCUT2D eigenvalue weighted by Crippen LogP contribution is 2.22. The van der Waals surface area contributed by atoms with Gasteiger partial charge in [-0.1, -0.05) is 6.92 Å². The molecular formula is C12H14BrN3OS. The lowest BCUT2D eigenvalue weighted by Gasteiger charge is -2.06. The molecule has 0 aliphatic heterocycles. The number of hydrogen-bond donors (Lipinski definition) is 1. The molecule has 2 aromatic heterocycles. The summed E-state index contributed by atoms with van der Waals surface area (Å²) in [6, 6.07) is 5.94. The van der Waals surface area contributed by atoms with Crippen molar-refractivity contribution in [3.63, 3.8) is 0 Å². The standard InChI is InChI=1S/C12H14BrN3OS/c1-2-5-17-12-6-11(15-8-16-12)14-7-9-3-4-10(13)18-9/h3-4,6,8H,2,5,7H2,1H3,(H,14,15,16). The minimum absolute atomic E-state index is 0.613. The summed E-state index contributed by atoms with van der Waals surface area (Å²) < 4.78 is 6.59. The predicted octanol–water partition coefficient (Wildman–Crippen LogP) is 3.70. The number of nitrogens with one attached hydrogen (secondary N) is 1. The molecule has 0 aliphatic carbocycles. The Hall–Kier alpha value is -1.14. The molecule has 0 saturated heterocycles. The maximum atomic E-state index is 5.46. The molecule has 4 nitrogen and oxygen atoms in total. The summed E-state index contributed by atoms with van der Waals surface area (Å²) in [6.45, 7) is 3.49. The van der Waals surface area contributed by atoms with Crippen molar-refractivity contribution in [1.29, 1.82) is 0 Å². The summed E-state index contributed by atoms with van der Waals surface area (Å²) in [7, 11) is 0. The lowest BCUT2D eigenvalue weighted by atomic mass is 10.4. The quantitative estimate of drug-likeness (QED) is 0.878. The topological polar surface area (TPSA) is 47.0 Å². The van der Waals surface area contributed by atoms with Crippen LogP contribution in [0.25, 0.3) is 0 Å². The van der Waals surface area contributed by atoms with Crippen LogP contribution >= 0.6 is 27.3 Å². The molecule has 2 aromatic rings. The molecule has 2 heterocycles. The Morgan fingerprint density at radius 3 is 3.00 bits per heavy atom. The number of nitrogens with zero attached hydrogens (tertiary/aromatic N) is 2. The molecule has 96 valence electrons. The van der Waals surface area contributed by atoms with Gasteiger partial charge in [-0.15, -0.1) is 11.3 Å². The van der Waals surface area contributed by atoms with E-state index in [0.29, 0.717) is 12.5 Å². The minimum atomic E-state index is 0.613. The Labute approximate surface area is 119 Å². The molecule has 0 spiro atoms. The number of anilines is 1. The maximum Gasteiger partial charge on any atom is 0.218 e. The summed E-state index contributed by atoms with van der Waals surface area (Å²) in [6.07, 6.45) is 2.48. The first-order valence-electron chi connectivity index (χ1n) is 5.71. The zero-order valence-electron chi connectivity index (χ0n) is 10.0. The average Bonchev–Trinajstić information content (AvgIpc) is 2.80. The van der Waals surface area contributed by atoms with Crippen LogP contribution < -0.4 is 10.1 Å². The summed E-state index contributed by atoms with van der Waals surface area (Å²) in [5, 5.41) is 3.25. The largest absolute Gasteiger partial charge is 0.478 e. The van der Waals surface area contributed by atoms with Crippen molar-refractivity contribution in [3.05, 3.63) is 33.2 Å². The Morgan fingerprint density at radius 1 is 1.39 bits per heavy atom. The smallest absolute Gasteiger partial charge is 0.218 e. The third-order valence-corrected chi connectivity index (χ3v) is 3.79. The molecule has 0 unspecified atom stereocenters. The number of aromatic nitrogens is 2. The minimum Gasteiger partial charge on any atom is -0.478 e. The SMILES string of the molecule is CCCOc1cc(NCc2ccc(Br)s2)ncn1. The Morgan fingerprint density at radius 2 is 2.28 bits per heavy atom. The normalized spacial score (nSPS) is 10.3. The number of hydrogen-bond acceptors (Lipinski definition) is 5. The van der Waals surface area contributed by atoms with Gasteiger partial charge in [-0.2, -0.15) is 0 Å². The second-order valence-electron chi connectivity index (χ2n) is 3.65. The van der Waals surface area contributed by atoms with Crippen molar-refractivity contribution in [2.24, 2.45) is 0 Å². The summed E-state index contributed by atoms with van der Waals surface area (Å²) >= 11 is 5.15. The van der Waals surface area contributed by atoms with Gasteiger partial charge < -0.3 is 10.1 Å². The van der Waals surface area contributed by atoms with E-state index in [9.17, 15) is 0 Å². The maximum absolute atomic E-state index is 5.46. The van der Waals surface area contributed by atoms with Gasteiger partial charge in [0.05, 0.1) is 16.9 Å². The van der Waals surface area contributed by atoms with Gasteiger partial charge in [-0.3, -0.25) is 0 Å². The number of halogens is 1. The highest BCUT2D eigenvalue weighted by Gasteiger charge is 2.01. The molecule has 1 N–H and O–H groups in total. The van der Waals surface area contributed by atoms with Crippen LogP contribution in [0.1, 0.15) is 18.2 Å². The van der Waals surface area contributed by atoms with Gasteiger partial charge in [0.1, 0.15) is 12.1 Å². The van der Waals surface area contributed by atoms with E-state index in [4.69, 9.17) is 4.74 Å². The monoisotopic (exact) mass is 327 g/mol. The Balaban J connectivity index is 1.92. The molecule has 0 bridgehead atoms. The zero-order valence-corrected chi connectivity index (χ0v) is 12.4. The second kappa shape index (κ2) is 6.70. The van der Waals surface area contributed by atoms with Gasteiger partial charge in [0.2, 0.25) is 5.88 Å². The zero-order chi connectivity index (χ0) is 12.8. The van der Waals surface area contributed by atoms with Gasteiger partial charge in [0, 0.05) is 10.9 Å². The van der Waals surface area contributed by atoms with E-state index < -0.39 is 0 Å². The lowest BCUT2D eigenvalue weighted by molar-refractivity contribution is 0.305. The number of thiophene rings is 1. The summed E-state index contributed by atoms with van der Waals surface area (Å²) in [4.78, 5) is 9.46. The molecule has 0 radical (unpaired) electrons. The van der Waals surface area contributed by atoms with Crippen LogP contribution in [0.4, 0.5) is 5.82 Å². The summed E-state index contributed by atoms with van der Waals surface area (Å²) in [5.41, 5.74) is 0. The van der Waals surface area contributed by atoms with Crippen LogP contribution in [0.5, 0.6) is 5.88 Å². The van der Waals surface area contributed by atoms with Gasteiger partial charge in [-0.05, 0) is 34.5 Å². The van der Waals surface area contributed by atoms with E-state index >= 15 is 0 Å². The molecule has 0 amide bonds.